The number of ether oxygens (including phenoxy) is 3. The highest BCUT2D eigenvalue weighted by atomic mass is 16.6. The van der Waals surface area contributed by atoms with Crippen LogP contribution < -0.4 is 36.8 Å². The Morgan fingerprint density at radius 2 is 0.867 bits per heavy atom. The monoisotopic (exact) mass is 1240 g/mol. The summed E-state index contributed by atoms with van der Waals surface area (Å²) in [5.41, 5.74) is 8.94. The van der Waals surface area contributed by atoms with Crippen molar-refractivity contribution >= 4 is 75.2 Å². The van der Waals surface area contributed by atoms with E-state index in [1.807, 2.05) is 145 Å². The SMILES string of the molecule is CC(C)(C)OC(=O)NC1CCN(C(=N)n2nnc3ccccc32)CC1.CC(C)(C)OC(=O)NC1CCN(c2nn[nH]n2)CC1.CC(C)(C)OC(=O)NC1CCNCC1.N=C(n1nc2ccccc2n1)n1nnc2ccccc21.NC1CCN(c2nn[nH]n2)CC1. The number of piperidine rings is 4. The lowest BCUT2D eigenvalue weighted by Gasteiger charge is -2.33. The Morgan fingerprint density at radius 1 is 0.500 bits per heavy atom. The van der Waals surface area contributed by atoms with Gasteiger partial charge in [0.25, 0.3) is 17.9 Å². The highest BCUT2D eigenvalue weighted by Gasteiger charge is 2.28. The Bertz CT molecular complexity index is 3500. The van der Waals surface area contributed by atoms with Crippen LogP contribution in [0.1, 0.15) is 114 Å². The molecule has 10 N–H and O–H groups in total. The summed E-state index contributed by atoms with van der Waals surface area (Å²) in [6.07, 6.45) is 6.14. The van der Waals surface area contributed by atoms with E-state index in [9.17, 15) is 14.4 Å². The number of rotatable bonds is 5. The number of nitrogens with one attached hydrogen (secondary N) is 8. The van der Waals surface area contributed by atoms with Crippen LogP contribution in [-0.4, -0.2) is 215 Å². The molecule has 33 heteroatoms. The van der Waals surface area contributed by atoms with Crippen molar-refractivity contribution in [1.29, 1.82) is 10.8 Å². The average Bonchev–Trinajstić information content (AvgIpc) is 2.07. The lowest BCUT2D eigenvalue weighted by Crippen LogP contribution is -2.48. The highest BCUT2D eigenvalue weighted by Crippen LogP contribution is 2.19. The number of aromatic amines is 2. The standard InChI is InChI=1S/C17H24N6O2.C13H9N7.C11H20N6O2.C10H20N2O2.C6H12N6/c1-17(2,3)25-16(24)19-12-8-10-22(11-9-12)15(18)23-14-7-5-4-6-13(14)20-21-23;14-13(19-12-8-4-3-7-11(12)15-18-19)20-16-9-5-1-2-6-10(9)17-20;1-11(2,3)19-10(18)12-8-4-6-17(7-5-8)9-13-15-16-14-9;1-10(2,3)14-9(13)12-8-4-6-11-7-5-8;7-5-1-3-12(4-2-5)6-8-10-11-9-6/h4-7,12,18H,8-11H2,1-3H3,(H,19,24);1-8,14H;8H,4-7H2,1-3H3,(H,12,18)(H,13,14,15,16);8,11H,4-7H2,1-3H3,(H,12,13);5H,1-4,7H2,(H,8,9,10,11). The van der Waals surface area contributed by atoms with E-state index in [0.717, 1.165) is 124 Å². The van der Waals surface area contributed by atoms with Gasteiger partial charge in [0.15, 0.2) is 0 Å². The number of aromatic nitrogens is 17. The number of carbonyl (C=O) groups excluding carboxylic acids is 3. The normalized spacial score (nSPS) is 16.2. The summed E-state index contributed by atoms with van der Waals surface area (Å²) in [7, 11) is 0. The molecular formula is C57H85N27O6. The molecule has 4 saturated heterocycles. The van der Waals surface area contributed by atoms with Gasteiger partial charge in [-0.15, -0.1) is 35.4 Å². The Kier molecular flexibility index (Phi) is 22.6. The topological polar surface area (TPSA) is 412 Å². The van der Waals surface area contributed by atoms with Gasteiger partial charge in [0, 0.05) is 63.4 Å². The Labute approximate surface area is 520 Å². The number of hydrogen-bond donors (Lipinski definition) is 9. The molecule has 484 valence electrons. The van der Waals surface area contributed by atoms with Gasteiger partial charge in [0.1, 0.15) is 38.9 Å². The van der Waals surface area contributed by atoms with E-state index < -0.39 is 16.8 Å². The van der Waals surface area contributed by atoms with Crippen LogP contribution in [0.2, 0.25) is 0 Å². The molecule has 3 aromatic carbocycles. The summed E-state index contributed by atoms with van der Waals surface area (Å²) in [6.45, 7) is 23.4. The molecule has 4 fully saturated rings. The zero-order chi connectivity index (χ0) is 64.4. The predicted molar refractivity (Wildman–Crippen MR) is 336 cm³/mol. The molecule has 0 radical (unpaired) electrons. The van der Waals surface area contributed by atoms with E-state index in [4.69, 9.17) is 30.8 Å². The first-order valence-electron chi connectivity index (χ1n) is 30.2. The van der Waals surface area contributed by atoms with Crippen molar-refractivity contribution in [3.05, 3.63) is 72.8 Å². The van der Waals surface area contributed by atoms with E-state index >= 15 is 0 Å². The van der Waals surface area contributed by atoms with Crippen LogP contribution in [0.15, 0.2) is 72.8 Å². The summed E-state index contributed by atoms with van der Waals surface area (Å²) in [4.78, 5) is 42.2. The number of likely N-dealkylation sites (tertiary alicyclic amines) is 1. The van der Waals surface area contributed by atoms with E-state index in [1.165, 1.54) is 9.48 Å². The second kappa shape index (κ2) is 30.6. The van der Waals surface area contributed by atoms with Gasteiger partial charge in [0.2, 0.25) is 5.96 Å². The second-order valence-electron chi connectivity index (χ2n) is 24.8. The third-order valence-corrected chi connectivity index (χ3v) is 14.1. The zero-order valence-corrected chi connectivity index (χ0v) is 52.6. The maximum atomic E-state index is 11.9. The Hall–Kier alpha value is -9.53. The van der Waals surface area contributed by atoms with Crippen molar-refractivity contribution in [3.8, 4) is 0 Å². The van der Waals surface area contributed by atoms with Crippen LogP contribution in [-0.2, 0) is 14.2 Å². The number of carbonyl (C=O) groups is 3. The molecule has 0 spiro atoms. The number of anilines is 2. The molecule has 12 rings (SSSR count). The molecular weight excluding hydrogens is 1160 g/mol. The number of para-hydroxylation sites is 2. The number of amides is 3. The summed E-state index contributed by atoms with van der Waals surface area (Å²) in [5.74, 6) is 1.64. The van der Waals surface area contributed by atoms with Crippen LogP contribution in [0, 0.1) is 10.8 Å². The van der Waals surface area contributed by atoms with Crippen molar-refractivity contribution in [2.45, 2.75) is 155 Å². The molecule has 5 aromatic heterocycles. The molecule has 0 atom stereocenters. The number of tetrazole rings is 2. The lowest BCUT2D eigenvalue weighted by atomic mass is 10.1. The van der Waals surface area contributed by atoms with Crippen molar-refractivity contribution in [1.82, 2.24) is 112 Å². The minimum absolute atomic E-state index is 0.0369. The van der Waals surface area contributed by atoms with Gasteiger partial charge in [-0.3, -0.25) is 10.8 Å². The van der Waals surface area contributed by atoms with Gasteiger partial charge >= 0.3 is 18.3 Å². The largest absolute Gasteiger partial charge is 0.444 e. The molecule has 8 aromatic rings. The summed E-state index contributed by atoms with van der Waals surface area (Å²) < 4.78 is 18.7. The number of nitrogens with zero attached hydrogens (tertiary/aromatic N) is 18. The average molecular weight is 1240 g/mol. The summed E-state index contributed by atoms with van der Waals surface area (Å²) in [6, 6.07) is 23.3. The fourth-order valence-corrected chi connectivity index (χ4v) is 9.75. The molecule has 33 nitrogen and oxygen atoms in total. The molecule has 0 saturated carbocycles. The first-order chi connectivity index (χ1) is 42.9. The number of benzene rings is 3. The van der Waals surface area contributed by atoms with Crippen molar-refractivity contribution < 1.29 is 28.6 Å². The number of fused-ring (bicyclic) bond motifs is 3. The smallest absolute Gasteiger partial charge is 0.407 e. The van der Waals surface area contributed by atoms with Crippen LogP contribution in [0.5, 0.6) is 0 Å². The third-order valence-electron chi connectivity index (χ3n) is 14.1. The number of alkyl carbamates (subject to hydrolysis) is 3. The minimum Gasteiger partial charge on any atom is -0.444 e. The van der Waals surface area contributed by atoms with E-state index in [1.54, 1.807) is 4.68 Å². The molecule has 9 heterocycles. The van der Waals surface area contributed by atoms with Gasteiger partial charge in [-0.05, 0) is 174 Å². The Balaban J connectivity index is 0.000000148. The maximum absolute atomic E-state index is 11.9. The quantitative estimate of drug-likeness (QED) is 0.0635. The highest BCUT2D eigenvalue weighted by molar-refractivity contribution is 5.91. The minimum atomic E-state index is -0.499. The first-order valence-corrected chi connectivity index (χ1v) is 30.2. The molecule has 3 amide bonds. The van der Waals surface area contributed by atoms with Crippen LogP contribution in [0.25, 0.3) is 33.1 Å². The van der Waals surface area contributed by atoms with E-state index in [2.05, 4.69) is 98.2 Å². The maximum Gasteiger partial charge on any atom is 0.407 e. The second-order valence-corrected chi connectivity index (χ2v) is 24.8. The number of H-pyrrole nitrogens is 2. The van der Waals surface area contributed by atoms with Crippen LogP contribution >= 0.6 is 0 Å². The Morgan fingerprint density at radius 3 is 1.27 bits per heavy atom. The van der Waals surface area contributed by atoms with Gasteiger partial charge < -0.3 is 55.9 Å². The van der Waals surface area contributed by atoms with Gasteiger partial charge in [-0.2, -0.15) is 19.8 Å². The molecule has 0 aliphatic carbocycles. The molecule has 90 heavy (non-hydrogen) atoms. The predicted octanol–water partition coefficient (Wildman–Crippen LogP) is 4.79. The molecule has 0 unspecified atom stereocenters. The number of nitrogens with two attached hydrogens (primary N) is 1. The van der Waals surface area contributed by atoms with E-state index in [-0.39, 0.29) is 42.4 Å². The lowest BCUT2D eigenvalue weighted by molar-refractivity contribution is 0.0478. The molecule has 4 aliphatic rings. The van der Waals surface area contributed by atoms with Gasteiger partial charge in [-0.1, -0.05) is 57.0 Å². The number of hydrogen-bond acceptors (Lipinski definition) is 24. The third kappa shape index (κ3) is 20.3. The molecule has 4 aliphatic heterocycles. The first kappa shape index (κ1) is 66.4. The zero-order valence-electron chi connectivity index (χ0n) is 52.6. The fourth-order valence-electron chi connectivity index (χ4n) is 9.75. The summed E-state index contributed by atoms with van der Waals surface area (Å²) in [5, 5.41) is 80.9. The van der Waals surface area contributed by atoms with Crippen LogP contribution in [0.4, 0.5) is 26.3 Å². The van der Waals surface area contributed by atoms with Crippen molar-refractivity contribution in [2.24, 2.45) is 5.73 Å². The van der Waals surface area contributed by atoms with E-state index in [0.29, 0.717) is 37.0 Å². The molecule has 0 bridgehead atoms. The van der Waals surface area contributed by atoms with Crippen molar-refractivity contribution in [3.63, 3.8) is 0 Å². The summed E-state index contributed by atoms with van der Waals surface area (Å²) >= 11 is 0. The van der Waals surface area contributed by atoms with Crippen molar-refractivity contribution in [2.75, 3.05) is 62.2 Å². The van der Waals surface area contributed by atoms with Gasteiger partial charge in [-0.25, -0.2) is 14.4 Å². The van der Waals surface area contributed by atoms with Crippen LogP contribution in [0.3, 0.4) is 0 Å². The van der Waals surface area contributed by atoms with Gasteiger partial charge in [0.05, 0.1) is 11.0 Å². The fraction of sp³-hybridized carbons (Fsp3) is 0.561.